The van der Waals surface area contributed by atoms with Crippen molar-refractivity contribution in [2.24, 2.45) is 0 Å². The van der Waals surface area contributed by atoms with Gasteiger partial charge >= 0.3 is 6.09 Å². The molecule has 1 amide bonds. The zero-order valence-corrected chi connectivity index (χ0v) is 10.5. The molecule has 0 spiro atoms. The summed E-state index contributed by atoms with van der Waals surface area (Å²) in [5.74, 6) is 0.773. The number of hydrogen-bond donors (Lipinski definition) is 2. The monoisotopic (exact) mass is 237 g/mol. The van der Waals surface area contributed by atoms with Crippen LogP contribution in [0.25, 0.3) is 0 Å². The van der Waals surface area contributed by atoms with Crippen LogP contribution < -0.4 is 0 Å². The number of aromatic nitrogens is 2. The Morgan fingerprint density at radius 1 is 1.59 bits per heavy atom. The first-order chi connectivity index (χ1) is 7.89. The number of rotatable bonds is 1. The van der Waals surface area contributed by atoms with Crippen LogP contribution in [0.4, 0.5) is 4.79 Å². The molecule has 0 saturated carbocycles. The van der Waals surface area contributed by atoms with Crippen LogP contribution in [0.15, 0.2) is 6.20 Å². The highest BCUT2D eigenvalue weighted by Gasteiger charge is 2.32. The zero-order valence-electron chi connectivity index (χ0n) is 10.5. The smallest absolute Gasteiger partial charge is 0.407 e. The van der Waals surface area contributed by atoms with Crippen molar-refractivity contribution in [2.75, 3.05) is 6.54 Å². The fourth-order valence-electron chi connectivity index (χ4n) is 2.17. The Balaban J connectivity index is 2.23. The summed E-state index contributed by atoms with van der Waals surface area (Å²) >= 11 is 0. The summed E-state index contributed by atoms with van der Waals surface area (Å²) in [4.78, 5) is 20.1. The summed E-state index contributed by atoms with van der Waals surface area (Å²) in [5, 5.41) is 9.10. The number of imidazole rings is 1. The van der Waals surface area contributed by atoms with Crippen LogP contribution in [-0.4, -0.2) is 32.6 Å². The largest absolute Gasteiger partial charge is 0.465 e. The molecule has 0 aromatic carbocycles. The lowest BCUT2D eigenvalue weighted by Gasteiger charge is -2.20. The van der Waals surface area contributed by atoms with E-state index in [2.05, 4.69) is 30.7 Å². The van der Waals surface area contributed by atoms with Crippen LogP contribution in [-0.2, 0) is 5.41 Å². The molecule has 0 unspecified atom stereocenters. The van der Waals surface area contributed by atoms with E-state index in [0.717, 1.165) is 24.4 Å². The van der Waals surface area contributed by atoms with Crippen molar-refractivity contribution in [3.8, 4) is 0 Å². The van der Waals surface area contributed by atoms with E-state index in [0.29, 0.717) is 6.54 Å². The number of amides is 1. The molecule has 94 valence electrons. The van der Waals surface area contributed by atoms with Gasteiger partial charge < -0.3 is 10.1 Å². The molecular weight excluding hydrogens is 218 g/mol. The highest BCUT2D eigenvalue weighted by atomic mass is 16.4. The second-order valence-corrected chi connectivity index (χ2v) is 5.57. The predicted octanol–water partition coefficient (Wildman–Crippen LogP) is 2.52. The van der Waals surface area contributed by atoms with Gasteiger partial charge in [0.15, 0.2) is 0 Å². The van der Waals surface area contributed by atoms with Gasteiger partial charge in [0, 0.05) is 23.9 Å². The number of carboxylic acid groups (broad SMARTS) is 1. The highest BCUT2D eigenvalue weighted by molar-refractivity contribution is 5.66. The van der Waals surface area contributed by atoms with Crippen molar-refractivity contribution in [1.29, 1.82) is 0 Å². The molecule has 1 aromatic rings. The van der Waals surface area contributed by atoms with Gasteiger partial charge in [0.25, 0.3) is 0 Å². The number of hydrogen-bond acceptors (Lipinski definition) is 2. The quantitative estimate of drug-likeness (QED) is 0.788. The van der Waals surface area contributed by atoms with Crippen molar-refractivity contribution in [1.82, 2.24) is 14.9 Å². The van der Waals surface area contributed by atoms with Gasteiger partial charge in [-0.05, 0) is 12.8 Å². The fourth-order valence-corrected chi connectivity index (χ4v) is 2.17. The van der Waals surface area contributed by atoms with Crippen molar-refractivity contribution >= 4 is 6.09 Å². The normalized spacial score (nSPS) is 20.9. The van der Waals surface area contributed by atoms with E-state index in [1.807, 2.05) is 6.20 Å². The third kappa shape index (κ3) is 2.28. The Kier molecular flexibility index (Phi) is 2.85. The standard InChI is InChI=1S/C12H19N3O2/c1-12(2,3)9-7-13-10(14-9)8-5-4-6-15(8)11(16)17/h7-8H,4-6H2,1-3H3,(H,13,14)(H,16,17)/t8-/m0/s1. The van der Waals surface area contributed by atoms with E-state index in [1.54, 1.807) is 0 Å². The van der Waals surface area contributed by atoms with Gasteiger partial charge in [0.05, 0.1) is 6.04 Å². The second-order valence-electron chi connectivity index (χ2n) is 5.57. The average molecular weight is 237 g/mol. The molecule has 17 heavy (non-hydrogen) atoms. The molecule has 1 atom stereocenters. The van der Waals surface area contributed by atoms with Crippen molar-refractivity contribution in [3.05, 3.63) is 17.7 Å². The first-order valence-corrected chi connectivity index (χ1v) is 5.94. The van der Waals surface area contributed by atoms with Gasteiger partial charge in [0.1, 0.15) is 5.82 Å². The lowest BCUT2D eigenvalue weighted by atomic mass is 9.93. The molecule has 1 aliphatic rings. The van der Waals surface area contributed by atoms with Crippen LogP contribution in [0.2, 0.25) is 0 Å². The number of H-pyrrole nitrogens is 1. The topological polar surface area (TPSA) is 69.2 Å². The van der Waals surface area contributed by atoms with Gasteiger partial charge in [-0.2, -0.15) is 0 Å². The van der Waals surface area contributed by atoms with Crippen LogP contribution in [0.3, 0.4) is 0 Å². The van der Waals surface area contributed by atoms with Crippen LogP contribution >= 0.6 is 0 Å². The average Bonchev–Trinajstić information content (AvgIpc) is 2.85. The summed E-state index contributed by atoms with van der Waals surface area (Å²) in [5.41, 5.74) is 1.06. The molecule has 0 radical (unpaired) electrons. The Labute approximate surface area is 101 Å². The van der Waals surface area contributed by atoms with Gasteiger partial charge in [-0.25, -0.2) is 9.78 Å². The number of aromatic amines is 1. The van der Waals surface area contributed by atoms with Crippen LogP contribution in [0.1, 0.15) is 51.2 Å². The Hall–Kier alpha value is -1.52. The molecule has 5 heteroatoms. The minimum absolute atomic E-state index is 0.0118. The molecule has 0 bridgehead atoms. The molecule has 0 aliphatic carbocycles. The molecule has 1 fully saturated rings. The number of likely N-dealkylation sites (tertiary alicyclic amines) is 1. The maximum Gasteiger partial charge on any atom is 0.407 e. The van der Waals surface area contributed by atoms with Gasteiger partial charge in [-0.3, -0.25) is 4.90 Å². The second kappa shape index (κ2) is 4.05. The minimum atomic E-state index is -0.860. The molecule has 2 rings (SSSR count). The summed E-state index contributed by atoms with van der Waals surface area (Å²) in [6, 6.07) is -0.108. The van der Waals surface area contributed by atoms with Crippen LogP contribution in [0, 0.1) is 0 Å². The maximum absolute atomic E-state index is 11.1. The van der Waals surface area contributed by atoms with E-state index in [4.69, 9.17) is 5.11 Å². The van der Waals surface area contributed by atoms with E-state index in [9.17, 15) is 4.79 Å². The minimum Gasteiger partial charge on any atom is -0.465 e. The van der Waals surface area contributed by atoms with Crippen molar-refractivity contribution in [2.45, 2.75) is 45.1 Å². The first kappa shape index (κ1) is 12.0. The van der Waals surface area contributed by atoms with Crippen molar-refractivity contribution < 1.29 is 9.90 Å². The predicted molar refractivity (Wildman–Crippen MR) is 64.0 cm³/mol. The molecule has 2 N–H and O–H groups in total. The fraction of sp³-hybridized carbons (Fsp3) is 0.667. The Morgan fingerprint density at radius 3 is 2.82 bits per heavy atom. The molecule has 2 heterocycles. The molecule has 1 aromatic heterocycles. The third-order valence-electron chi connectivity index (χ3n) is 3.22. The molecular formula is C12H19N3O2. The summed E-state index contributed by atoms with van der Waals surface area (Å²) in [6.07, 6.45) is 2.71. The lowest BCUT2D eigenvalue weighted by molar-refractivity contribution is 0.138. The van der Waals surface area contributed by atoms with E-state index in [-0.39, 0.29) is 11.5 Å². The summed E-state index contributed by atoms with van der Waals surface area (Å²) < 4.78 is 0. The van der Waals surface area contributed by atoms with E-state index in [1.165, 1.54) is 4.90 Å². The first-order valence-electron chi connectivity index (χ1n) is 5.94. The Bertz CT molecular complexity index is 420. The number of nitrogens with zero attached hydrogens (tertiary/aromatic N) is 2. The third-order valence-corrected chi connectivity index (χ3v) is 3.22. The Morgan fingerprint density at radius 2 is 2.29 bits per heavy atom. The summed E-state index contributed by atoms with van der Waals surface area (Å²) in [6.45, 7) is 6.92. The van der Waals surface area contributed by atoms with Gasteiger partial charge in [-0.15, -0.1) is 0 Å². The highest BCUT2D eigenvalue weighted by Crippen LogP contribution is 2.31. The summed E-state index contributed by atoms with van der Waals surface area (Å²) in [7, 11) is 0. The molecule has 1 saturated heterocycles. The van der Waals surface area contributed by atoms with Gasteiger partial charge in [-0.1, -0.05) is 20.8 Å². The number of carbonyl (C=O) groups is 1. The maximum atomic E-state index is 11.1. The SMILES string of the molecule is CC(C)(C)c1cnc([C@@H]2CCCN2C(=O)O)[nH]1. The van der Waals surface area contributed by atoms with Crippen LogP contribution in [0.5, 0.6) is 0 Å². The zero-order chi connectivity index (χ0) is 12.6. The molecule has 1 aliphatic heterocycles. The van der Waals surface area contributed by atoms with E-state index >= 15 is 0 Å². The van der Waals surface area contributed by atoms with Gasteiger partial charge in [0.2, 0.25) is 0 Å². The van der Waals surface area contributed by atoms with Crippen molar-refractivity contribution in [3.63, 3.8) is 0 Å². The number of nitrogens with one attached hydrogen (secondary N) is 1. The molecule has 5 nitrogen and oxygen atoms in total. The lowest BCUT2D eigenvalue weighted by Crippen LogP contribution is -2.29. The van der Waals surface area contributed by atoms with E-state index < -0.39 is 6.09 Å².